The van der Waals surface area contributed by atoms with Gasteiger partial charge in [-0.15, -0.1) is 0 Å². The molecule has 0 amide bonds. The quantitative estimate of drug-likeness (QED) is 0.851. The molecule has 0 aliphatic carbocycles. The number of Topliss-reactive ketones (excluding diaryl/α,β-unsaturated/α-hetero) is 1. The number of rotatable bonds is 3. The number of hydrogen-bond donors (Lipinski definition) is 1. The van der Waals surface area contributed by atoms with Crippen molar-refractivity contribution in [2.75, 3.05) is 6.54 Å². The standard InChI is InChI=1S/C9H9BrClNO/c10-7-5-6(1-2-8(7)11)9(13)3-4-12/h1-2,5H,3-4,12H2. The van der Waals surface area contributed by atoms with E-state index >= 15 is 0 Å². The number of ketones is 1. The largest absolute Gasteiger partial charge is 0.330 e. The van der Waals surface area contributed by atoms with Crippen molar-refractivity contribution in [3.63, 3.8) is 0 Å². The monoisotopic (exact) mass is 261 g/mol. The molecule has 1 aromatic rings. The molecule has 1 rings (SSSR count). The molecule has 0 saturated heterocycles. The maximum Gasteiger partial charge on any atom is 0.164 e. The Balaban J connectivity index is 2.90. The number of hydrogen-bond acceptors (Lipinski definition) is 2. The maximum atomic E-state index is 11.4. The van der Waals surface area contributed by atoms with E-state index in [1.165, 1.54) is 0 Å². The van der Waals surface area contributed by atoms with E-state index in [0.717, 1.165) is 4.47 Å². The minimum Gasteiger partial charge on any atom is -0.330 e. The SMILES string of the molecule is NCCC(=O)c1ccc(Cl)c(Br)c1. The summed E-state index contributed by atoms with van der Waals surface area (Å²) in [4.78, 5) is 11.4. The first-order valence-corrected chi connectivity index (χ1v) is 5.00. The fourth-order valence-corrected chi connectivity index (χ4v) is 1.44. The van der Waals surface area contributed by atoms with Crippen LogP contribution in [0.4, 0.5) is 0 Å². The molecule has 0 spiro atoms. The Morgan fingerprint density at radius 2 is 2.23 bits per heavy atom. The smallest absolute Gasteiger partial charge is 0.164 e. The number of carbonyl (C=O) groups excluding carboxylic acids is 1. The molecule has 0 heterocycles. The highest BCUT2D eigenvalue weighted by atomic mass is 79.9. The summed E-state index contributed by atoms with van der Waals surface area (Å²) in [6.45, 7) is 0.374. The summed E-state index contributed by atoms with van der Waals surface area (Å²) in [6.07, 6.45) is 0.369. The number of benzene rings is 1. The molecular weight excluding hydrogens is 253 g/mol. The van der Waals surface area contributed by atoms with Crippen LogP contribution >= 0.6 is 27.5 Å². The minimum absolute atomic E-state index is 0.0415. The zero-order valence-electron chi connectivity index (χ0n) is 6.89. The van der Waals surface area contributed by atoms with Gasteiger partial charge in [-0.3, -0.25) is 4.79 Å². The van der Waals surface area contributed by atoms with E-state index in [0.29, 0.717) is 23.6 Å². The Labute approximate surface area is 90.2 Å². The molecule has 0 fully saturated rings. The third kappa shape index (κ3) is 2.79. The van der Waals surface area contributed by atoms with Crippen molar-refractivity contribution in [3.05, 3.63) is 33.3 Å². The zero-order chi connectivity index (χ0) is 9.84. The first kappa shape index (κ1) is 10.7. The molecule has 0 bridgehead atoms. The Morgan fingerprint density at radius 1 is 1.54 bits per heavy atom. The van der Waals surface area contributed by atoms with Gasteiger partial charge in [0.25, 0.3) is 0 Å². The second-order valence-electron chi connectivity index (χ2n) is 2.59. The van der Waals surface area contributed by atoms with Crippen LogP contribution in [0.2, 0.25) is 5.02 Å². The minimum atomic E-state index is 0.0415. The van der Waals surface area contributed by atoms with Gasteiger partial charge in [-0.2, -0.15) is 0 Å². The molecule has 13 heavy (non-hydrogen) atoms. The molecule has 0 aliphatic heterocycles. The van der Waals surface area contributed by atoms with E-state index < -0.39 is 0 Å². The van der Waals surface area contributed by atoms with Crippen molar-refractivity contribution in [2.45, 2.75) is 6.42 Å². The highest BCUT2D eigenvalue weighted by Gasteiger charge is 2.06. The topological polar surface area (TPSA) is 43.1 Å². The lowest BCUT2D eigenvalue weighted by molar-refractivity contribution is 0.0985. The van der Waals surface area contributed by atoms with E-state index in [2.05, 4.69) is 15.9 Å². The summed E-state index contributed by atoms with van der Waals surface area (Å²) < 4.78 is 0.733. The van der Waals surface area contributed by atoms with Gasteiger partial charge in [0.05, 0.1) is 5.02 Å². The van der Waals surface area contributed by atoms with E-state index in [-0.39, 0.29) is 5.78 Å². The summed E-state index contributed by atoms with van der Waals surface area (Å²) >= 11 is 9.03. The van der Waals surface area contributed by atoms with E-state index in [1.807, 2.05) is 0 Å². The molecule has 70 valence electrons. The lowest BCUT2D eigenvalue weighted by atomic mass is 10.1. The van der Waals surface area contributed by atoms with Gasteiger partial charge in [0, 0.05) is 16.5 Å². The van der Waals surface area contributed by atoms with Crippen LogP contribution in [0, 0.1) is 0 Å². The molecule has 4 heteroatoms. The van der Waals surface area contributed by atoms with Crippen LogP contribution in [0.1, 0.15) is 16.8 Å². The lowest BCUT2D eigenvalue weighted by Gasteiger charge is -2.00. The predicted octanol–water partition coefficient (Wildman–Crippen LogP) is 2.63. The molecule has 0 aromatic heterocycles. The van der Waals surface area contributed by atoms with Gasteiger partial charge in [-0.05, 0) is 40.7 Å². The highest BCUT2D eigenvalue weighted by Crippen LogP contribution is 2.23. The third-order valence-electron chi connectivity index (χ3n) is 1.61. The van der Waals surface area contributed by atoms with Gasteiger partial charge in [0.15, 0.2) is 5.78 Å². The molecule has 1 aromatic carbocycles. The lowest BCUT2D eigenvalue weighted by Crippen LogP contribution is -2.07. The first-order valence-electron chi connectivity index (χ1n) is 3.83. The van der Waals surface area contributed by atoms with E-state index in [1.54, 1.807) is 18.2 Å². The fourth-order valence-electron chi connectivity index (χ4n) is 0.945. The molecule has 0 aliphatic rings. The molecule has 0 radical (unpaired) electrons. The molecule has 2 nitrogen and oxygen atoms in total. The van der Waals surface area contributed by atoms with Crippen molar-refractivity contribution in [2.24, 2.45) is 5.73 Å². The third-order valence-corrected chi connectivity index (χ3v) is 2.83. The van der Waals surface area contributed by atoms with Crippen molar-refractivity contribution in [3.8, 4) is 0 Å². The van der Waals surface area contributed by atoms with Gasteiger partial charge in [-0.1, -0.05) is 11.6 Å². The van der Waals surface area contributed by atoms with Crippen LogP contribution < -0.4 is 5.73 Å². The molecular formula is C9H9BrClNO. The second-order valence-corrected chi connectivity index (χ2v) is 3.85. The molecule has 2 N–H and O–H groups in total. The molecule has 0 atom stereocenters. The Morgan fingerprint density at radius 3 is 2.77 bits per heavy atom. The highest BCUT2D eigenvalue weighted by molar-refractivity contribution is 9.10. The van der Waals surface area contributed by atoms with Gasteiger partial charge < -0.3 is 5.73 Å². The summed E-state index contributed by atoms with van der Waals surface area (Å²) in [5.41, 5.74) is 5.92. The van der Waals surface area contributed by atoms with Crippen molar-refractivity contribution < 1.29 is 4.79 Å². The second kappa shape index (κ2) is 4.74. The van der Waals surface area contributed by atoms with Crippen LogP contribution in [0.3, 0.4) is 0 Å². The average molecular weight is 263 g/mol. The van der Waals surface area contributed by atoms with Crippen LogP contribution in [0.15, 0.2) is 22.7 Å². The number of nitrogens with two attached hydrogens (primary N) is 1. The van der Waals surface area contributed by atoms with Gasteiger partial charge in [-0.25, -0.2) is 0 Å². The summed E-state index contributed by atoms with van der Waals surface area (Å²) in [5.74, 6) is 0.0415. The van der Waals surface area contributed by atoms with Crippen molar-refractivity contribution in [1.29, 1.82) is 0 Å². The Hall–Kier alpha value is -0.380. The Kier molecular flexibility index (Phi) is 3.90. The van der Waals surface area contributed by atoms with Gasteiger partial charge in [0.2, 0.25) is 0 Å². The molecule has 0 unspecified atom stereocenters. The van der Waals surface area contributed by atoms with Gasteiger partial charge >= 0.3 is 0 Å². The molecule has 0 saturated carbocycles. The van der Waals surface area contributed by atoms with Crippen LogP contribution in [0.25, 0.3) is 0 Å². The van der Waals surface area contributed by atoms with Crippen LogP contribution in [0.5, 0.6) is 0 Å². The van der Waals surface area contributed by atoms with Crippen LogP contribution in [-0.2, 0) is 0 Å². The average Bonchev–Trinajstić information content (AvgIpc) is 2.10. The maximum absolute atomic E-state index is 11.4. The van der Waals surface area contributed by atoms with E-state index in [4.69, 9.17) is 17.3 Å². The van der Waals surface area contributed by atoms with Crippen molar-refractivity contribution >= 4 is 33.3 Å². The van der Waals surface area contributed by atoms with Crippen LogP contribution in [-0.4, -0.2) is 12.3 Å². The predicted molar refractivity (Wildman–Crippen MR) is 57.2 cm³/mol. The summed E-state index contributed by atoms with van der Waals surface area (Å²) in [6, 6.07) is 5.10. The van der Waals surface area contributed by atoms with E-state index in [9.17, 15) is 4.79 Å². The summed E-state index contributed by atoms with van der Waals surface area (Å²) in [7, 11) is 0. The number of carbonyl (C=O) groups is 1. The van der Waals surface area contributed by atoms with Gasteiger partial charge in [0.1, 0.15) is 0 Å². The number of halogens is 2. The first-order chi connectivity index (χ1) is 6.15. The zero-order valence-corrected chi connectivity index (χ0v) is 9.23. The fraction of sp³-hybridized carbons (Fsp3) is 0.222. The normalized spacial score (nSPS) is 10.1. The van der Waals surface area contributed by atoms with Crippen molar-refractivity contribution in [1.82, 2.24) is 0 Å². The Bertz CT molecular complexity index is 327. The summed E-state index contributed by atoms with van der Waals surface area (Å²) in [5, 5.41) is 0.601.